The summed E-state index contributed by atoms with van der Waals surface area (Å²) in [4.78, 5) is 12.3. The van der Waals surface area contributed by atoms with Crippen LogP contribution in [0.25, 0.3) is 0 Å². The van der Waals surface area contributed by atoms with Gasteiger partial charge in [-0.15, -0.1) is 0 Å². The van der Waals surface area contributed by atoms with Gasteiger partial charge in [0.05, 0.1) is 29.4 Å². The molecule has 0 aromatic heterocycles. The molecule has 0 aliphatic carbocycles. The van der Waals surface area contributed by atoms with Crippen molar-refractivity contribution in [1.82, 2.24) is 0 Å². The lowest BCUT2D eigenvalue weighted by atomic mass is 10.1. The average molecular weight is 348 g/mol. The predicted molar refractivity (Wildman–Crippen MR) is 90.5 cm³/mol. The van der Waals surface area contributed by atoms with Gasteiger partial charge in [-0.1, -0.05) is 30.3 Å². The minimum Gasteiger partial charge on any atom is -0.462 e. The fraction of sp³-hybridized carbons (Fsp3) is 0.278. The van der Waals surface area contributed by atoms with Crippen molar-refractivity contribution in [1.29, 1.82) is 0 Å². The molecule has 2 rings (SSSR count). The number of benzene rings is 2. The van der Waals surface area contributed by atoms with Crippen LogP contribution in [0.1, 0.15) is 22.3 Å². The van der Waals surface area contributed by atoms with Crippen molar-refractivity contribution in [2.75, 3.05) is 19.5 Å². The van der Waals surface area contributed by atoms with Crippen LogP contribution in [0, 0.1) is 0 Å². The highest BCUT2D eigenvalue weighted by atomic mass is 32.2. The molecule has 0 heterocycles. The third-order valence-electron chi connectivity index (χ3n) is 3.37. The third-order valence-corrected chi connectivity index (χ3v) is 5.18. The van der Waals surface area contributed by atoms with Gasteiger partial charge < -0.3 is 9.47 Å². The smallest absolute Gasteiger partial charge is 0.338 e. The van der Waals surface area contributed by atoms with Crippen LogP contribution >= 0.6 is 0 Å². The molecule has 0 spiro atoms. The van der Waals surface area contributed by atoms with E-state index in [1.54, 1.807) is 55.6 Å². The lowest BCUT2D eigenvalue weighted by Gasteiger charge is -2.07. The topological polar surface area (TPSA) is 69.7 Å². The maximum atomic E-state index is 12.1. The van der Waals surface area contributed by atoms with E-state index in [2.05, 4.69) is 0 Å². The summed E-state index contributed by atoms with van der Waals surface area (Å²) >= 11 is 0. The van der Waals surface area contributed by atoms with Crippen molar-refractivity contribution in [3.05, 3.63) is 65.7 Å². The van der Waals surface area contributed by atoms with Crippen molar-refractivity contribution < 1.29 is 22.7 Å². The number of sulfone groups is 1. The summed E-state index contributed by atoms with van der Waals surface area (Å²) in [6.45, 7) is 0.468. The molecule has 2 aromatic carbocycles. The molecule has 2 aromatic rings. The fourth-order valence-electron chi connectivity index (χ4n) is 2.20. The number of hydrogen-bond acceptors (Lipinski definition) is 5. The zero-order valence-electron chi connectivity index (χ0n) is 13.5. The third kappa shape index (κ3) is 5.18. The Morgan fingerprint density at radius 1 is 1.04 bits per heavy atom. The van der Waals surface area contributed by atoms with Crippen molar-refractivity contribution in [3.8, 4) is 0 Å². The summed E-state index contributed by atoms with van der Waals surface area (Å²) in [7, 11) is -1.76. The normalized spacial score (nSPS) is 11.2. The molecule has 128 valence electrons. The number of carbonyl (C=O) groups excluding carboxylic acids is 1. The average Bonchev–Trinajstić information content (AvgIpc) is 2.60. The van der Waals surface area contributed by atoms with Gasteiger partial charge >= 0.3 is 5.97 Å². The first-order chi connectivity index (χ1) is 11.5. The van der Waals surface area contributed by atoms with Crippen LogP contribution in [0.4, 0.5) is 0 Å². The van der Waals surface area contributed by atoms with Gasteiger partial charge in [0.2, 0.25) is 0 Å². The largest absolute Gasteiger partial charge is 0.462 e. The number of hydrogen-bond donors (Lipinski definition) is 0. The van der Waals surface area contributed by atoms with Crippen molar-refractivity contribution in [2.45, 2.75) is 17.9 Å². The van der Waals surface area contributed by atoms with Gasteiger partial charge in [-0.2, -0.15) is 0 Å². The van der Waals surface area contributed by atoms with E-state index in [1.807, 2.05) is 6.07 Å². The van der Waals surface area contributed by atoms with Gasteiger partial charge in [0, 0.05) is 7.11 Å². The minimum atomic E-state index is -3.34. The summed E-state index contributed by atoms with van der Waals surface area (Å²) in [5, 5.41) is 0. The van der Waals surface area contributed by atoms with Gasteiger partial charge in [0.15, 0.2) is 9.84 Å². The number of esters is 1. The number of ether oxygens (including phenoxy) is 2. The predicted octanol–water partition coefficient (Wildman–Crippen LogP) is 2.85. The second-order valence-electron chi connectivity index (χ2n) is 5.25. The molecule has 0 aliphatic rings. The van der Waals surface area contributed by atoms with E-state index in [9.17, 15) is 13.2 Å². The second kappa shape index (κ2) is 8.61. The first kappa shape index (κ1) is 18.2. The summed E-state index contributed by atoms with van der Waals surface area (Å²) in [5.41, 5.74) is 1.30. The Bertz CT molecular complexity index is 769. The van der Waals surface area contributed by atoms with Crippen LogP contribution in [0.15, 0.2) is 59.5 Å². The molecule has 0 atom stereocenters. The lowest BCUT2D eigenvalue weighted by molar-refractivity contribution is 0.0505. The van der Waals surface area contributed by atoms with E-state index < -0.39 is 15.8 Å². The maximum absolute atomic E-state index is 12.1. The Morgan fingerprint density at radius 2 is 1.79 bits per heavy atom. The van der Waals surface area contributed by atoms with Crippen LogP contribution in [0.5, 0.6) is 0 Å². The highest BCUT2D eigenvalue weighted by molar-refractivity contribution is 7.91. The van der Waals surface area contributed by atoms with E-state index in [0.29, 0.717) is 12.2 Å². The molecule has 0 N–H and O–H groups in total. The van der Waals surface area contributed by atoms with Gasteiger partial charge in [0.25, 0.3) is 0 Å². The number of methoxy groups -OCH3 is 1. The van der Waals surface area contributed by atoms with Crippen LogP contribution in [0.2, 0.25) is 0 Å². The second-order valence-corrected chi connectivity index (χ2v) is 7.36. The summed E-state index contributed by atoms with van der Waals surface area (Å²) in [6, 6.07) is 15.2. The van der Waals surface area contributed by atoms with E-state index >= 15 is 0 Å². The molecule has 0 saturated heterocycles. The molecular weight excluding hydrogens is 328 g/mol. The van der Waals surface area contributed by atoms with Gasteiger partial charge in [-0.05, 0) is 36.2 Å². The van der Waals surface area contributed by atoms with Crippen molar-refractivity contribution >= 4 is 15.8 Å². The van der Waals surface area contributed by atoms with Gasteiger partial charge in [0.1, 0.15) is 0 Å². The Labute approximate surface area is 142 Å². The first-order valence-corrected chi connectivity index (χ1v) is 9.21. The number of rotatable bonds is 8. The monoisotopic (exact) mass is 348 g/mol. The molecule has 0 amide bonds. The minimum absolute atomic E-state index is 0.0550. The fourth-order valence-corrected chi connectivity index (χ4v) is 3.50. The van der Waals surface area contributed by atoms with Crippen molar-refractivity contribution in [2.24, 2.45) is 0 Å². The summed E-state index contributed by atoms with van der Waals surface area (Å²) < 4.78 is 34.4. The Kier molecular flexibility index (Phi) is 6.52. The Balaban J connectivity index is 1.84. The van der Waals surface area contributed by atoms with E-state index in [1.165, 1.54) is 0 Å². The van der Waals surface area contributed by atoms with E-state index in [0.717, 1.165) is 5.56 Å². The molecule has 0 bridgehead atoms. The van der Waals surface area contributed by atoms with E-state index in [4.69, 9.17) is 9.47 Å². The molecule has 0 unspecified atom stereocenters. The van der Waals surface area contributed by atoms with Crippen LogP contribution in [0.3, 0.4) is 0 Å². The molecule has 0 aliphatic heterocycles. The Morgan fingerprint density at radius 3 is 2.50 bits per heavy atom. The molecule has 6 heteroatoms. The zero-order chi connectivity index (χ0) is 17.4. The summed E-state index contributed by atoms with van der Waals surface area (Å²) in [6.07, 6.45) is 0.251. The SMILES string of the molecule is COCc1cccc(C(=O)OCCCS(=O)(=O)c2ccccc2)c1. The number of carbonyl (C=O) groups is 1. The molecule has 5 nitrogen and oxygen atoms in total. The first-order valence-electron chi connectivity index (χ1n) is 7.56. The highest BCUT2D eigenvalue weighted by Crippen LogP contribution is 2.12. The molecule has 0 saturated carbocycles. The van der Waals surface area contributed by atoms with Crippen molar-refractivity contribution in [3.63, 3.8) is 0 Å². The van der Waals surface area contributed by atoms with Gasteiger partial charge in [-0.25, -0.2) is 13.2 Å². The zero-order valence-corrected chi connectivity index (χ0v) is 14.3. The van der Waals surface area contributed by atoms with Crippen LogP contribution in [-0.2, 0) is 25.9 Å². The molecule has 24 heavy (non-hydrogen) atoms. The van der Waals surface area contributed by atoms with Crippen LogP contribution < -0.4 is 0 Å². The lowest BCUT2D eigenvalue weighted by Crippen LogP contribution is -2.12. The maximum Gasteiger partial charge on any atom is 0.338 e. The highest BCUT2D eigenvalue weighted by Gasteiger charge is 2.14. The Hall–Kier alpha value is -2.18. The van der Waals surface area contributed by atoms with Crippen LogP contribution in [-0.4, -0.2) is 33.9 Å². The van der Waals surface area contributed by atoms with Gasteiger partial charge in [-0.3, -0.25) is 0 Å². The van der Waals surface area contributed by atoms with E-state index in [-0.39, 0.29) is 23.7 Å². The summed E-state index contributed by atoms with van der Waals surface area (Å²) in [5.74, 6) is -0.529. The quantitative estimate of drug-likeness (QED) is 0.542. The molecule has 0 fully saturated rings. The standard InChI is InChI=1S/C18H20O5S/c1-22-14-15-7-5-8-16(13-15)18(19)23-11-6-12-24(20,21)17-9-3-2-4-10-17/h2-5,7-10,13H,6,11-12,14H2,1H3. The molecule has 0 radical (unpaired) electrons. The molecular formula is C18H20O5S.